The minimum atomic E-state index is 0.403. The third kappa shape index (κ3) is 2.99. The normalized spacial score (nSPS) is 18.5. The number of hydrogen-bond acceptors (Lipinski definition) is 6. The van der Waals surface area contributed by atoms with Gasteiger partial charge in [0.05, 0.1) is 12.2 Å². The highest BCUT2D eigenvalue weighted by atomic mass is 32.1. The number of thiophene rings is 1. The van der Waals surface area contributed by atoms with Crippen LogP contribution in [0.15, 0.2) is 46.5 Å². The highest BCUT2D eigenvalue weighted by Gasteiger charge is 2.27. The molecule has 1 saturated heterocycles. The average molecular weight is 344 g/mol. The van der Waals surface area contributed by atoms with Crippen molar-refractivity contribution in [2.24, 2.45) is 0 Å². The van der Waals surface area contributed by atoms with Crippen molar-refractivity contribution in [1.82, 2.24) is 19.7 Å². The predicted molar refractivity (Wildman–Crippen MR) is 91.6 cm³/mol. The smallest absolute Gasteiger partial charge is 0.288 e. The SMILES string of the molecule is S=c1oc(-c2cccnc2)nn1CN1CCC[C@@H]1c1cccs1. The van der Waals surface area contributed by atoms with Crippen LogP contribution in [0.1, 0.15) is 23.8 Å². The third-order valence-electron chi connectivity index (χ3n) is 4.07. The lowest BCUT2D eigenvalue weighted by Gasteiger charge is -2.22. The molecule has 4 heterocycles. The zero-order valence-electron chi connectivity index (χ0n) is 12.5. The fourth-order valence-electron chi connectivity index (χ4n) is 2.97. The minimum absolute atomic E-state index is 0.403. The Morgan fingerprint density at radius 2 is 2.30 bits per heavy atom. The van der Waals surface area contributed by atoms with Crippen LogP contribution in [0, 0.1) is 4.84 Å². The van der Waals surface area contributed by atoms with E-state index < -0.39 is 0 Å². The quantitative estimate of drug-likeness (QED) is 0.666. The van der Waals surface area contributed by atoms with E-state index in [4.69, 9.17) is 16.6 Å². The second-order valence-corrected chi connectivity index (χ2v) is 6.87. The van der Waals surface area contributed by atoms with Crippen molar-refractivity contribution >= 4 is 23.6 Å². The van der Waals surface area contributed by atoms with E-state index in [1.165, 1.54) is 17.7 Å². The van der Waals surface area contributed by atoms with E-state index in [0.717, 1.165) is 12.1 Å². The van der Waals surface area contributed by atoms with Crippen LogP contribution in [0.5, 0.6) is 0 Å². The van der Waals surface area contributed by atoms with Crippen molar-refractivity contribution in [1.29, 1.82) is 0 Å². The fourth-order valence-corrected chi connectivity index (χ4v) is 4.04. The monoisotopic (exact) mass is 344 g/mol. The van der Waals surface area contributed by atoms with Crippen LogP contribution >= 0.6 is 23.6 Å². The van der Waals surface area contributed by atoms with Crippen LogP contribution in [-0.2, 0) is 6.67 Å². The van der Waals surface area contributed by atoms with Crippen molar-refractivity contribution in [2.45, 2.75) is 25.6 Å². The maximum atomic E-state index is 5.64. The maximum Gasteiger partial charge on any atom is 0.288 e. The number of rotatable bonds is 4. The minimum Gasteiger partial charge on any atom is -0.409 e. The molecule has 1 aliphatic heterocycles. The molecule has 0 aliphatic carbocycles. The molecule has 23 heavy (non-hydrogen) atoms. The van der Waals surface area contributed by atoms with E-state index in [1.54, 1.807) is 17.1 Å². The van der Waals surface area contributed by atoms with Gasteiger partial charge in [0.2, 0.25) is 5.89 Å². The summed E-state index contributed by atoms with van der Waals surface area (Å²) in [6.45, 7) is 1.71. The number of hydrogen-bond donors (Lipinski definition) is 0. The number of nitrogens with zero attached hydrogens (tertiary/aromatic N) is 4. The van der Waals surface area contributed by atoms with E-state index in [0.29, 0.717) is 23.4 Å². The van der Waals surface area contributed by atoms with Gasteiger partial charge in [0.15, 0.2) is 0 Å². The second kappa shape index (κ2) is 6.35. The second-order valence-electron chi connectivity index (χ2n) is 5.54. The van der Waals surface area contributed by atoms with Gasteiger partial charge in [-0.15, -0.1) is 16.4 Å². The van der Waals surface area contributed by atoms with E-state index in [1.807, 2.05) is 23.5 Å². The molecule has 5 nitrogen and oxygen atoms in total. The van der Waals surface area contributed by atoms with Gasteiger partial charge >= 0.3 is 0 Å². The molecule has 0 saturated carbocycles. The van der Waals surface area contributed by atoms with Crippen LogP contribution in [0.3, 0.4) is 0 Å². The molecule has 1 aliphatic rings. The summed E-state index contributed by atoms with van der Waals surface area (Å²) in [7, 11) is 0. The Morgan fingerprint density at radius 3 is 3.09 bits per heavy atom. The van der Waals surface area contributed by atoms with E-state index >= 15 is 0 Å². The molecular formula is C16H16N4OS2. The van der Waals surface area contributed by atoms with Gasteiger partial charge in [0.25, 0.3) is 4.84 Å². The lowest BCUT2D eigenvalue weighted by atomic mass is 10.2. The summed E-state index contributed by atoms with van der Waals surface area (Å²) >= 11 is 7.15. The maximum absolute atomic E-state index is 5.64. The predicted octanol–water partition coefficient (Wildman–Crippen LogP) is 4.12. The first-order chi connectivity index (χ1) is 11.3. The van der Waals surface area contributed by atoms with E-state index in [9.17, 15) is 0 Å². The topological polar surface area (TPSA) is 47.1 Å². The molecule has 0 spiro atoms. The Bertz CT molecular complexity index is 825. The zero-order valence-corrected chi connectivity index (χ0v) is 14.1. The van der Waals surface area contributed by atoms with Crippen LogP contribution in [0.25, 0.3) is 11.5 Å². The molecule has 0 radical (unpaired) electrons. The van der Waals surface area contributed by atoms with E-state index in [-0.39, 0.29) is 0 Å². The third-order valence-corrected chi connectivity index (χ3v) is 5.33. The van der Waals surface area contributed by atoms with Gasteiger partial charge in [-0.25, -0.2) is 4.68 Å². The van der Waals surface area contributed by atoms with Crippen LogP contribution < -0.4 is 0 Å². The summed E-state index contributed by atoms with van der Waals surface area (Å²) in [4.78, 5) is 8.32. The summed E-state index contributed by atoms with van der Waals surface area (Å²) in [6, 6.07) is 8.55. The lowest BCUT2D eigenvalue weighted by molar-refractivity contribution is 0.190. The Hall–Kier alpha value is -1.83. The van der Waals surface area contributed by atoms with Crippen molar-refractivity contribution in [3.05, 3.63) is 51.8 Å². The summed E-state index contributed by atoms with van der Waals surface area (Å²) in [6.07, 6.45) is 5.84. The van der Waals surface area contributed by atoms with Crippen LogP contribution in [0.4, 0.5) is 0 Å². The Balaban J connectivity index is 1.57. The molecule has 1 fully saturated rings. The molecule has 0 N–H and O–H groups in total. The molecule has 1 atom stereocenters. The summed E-state index contributed by atoms with van der Waals surface area (Å²) < 4.78 is 7.41. The molecular weight excluding hydrogens is 328 g/mol. The van der Waals surface area contributed by atoms with Gasteiger partial charge < -0.3 is 4.42 Å². The first kappa shape index (κ1) is 14.7. The van der Waals surface area contributed by atoms with Gasteiger partial charge in [-0.1, -0.05) is 6.07 Å². The standard InChI is InChI=1S/C16H16N4OS2/c22-16-20(18-15(21-16)12-4-1-7-17-10-12)11-19-8-2-5-13(19)14-6-3-9-23-14/h1,3-4,6-7,9-10,13H,2,5,8,11H2/t13-/m1/s1. The van der Waals surface area contributed by atoms with Crippen molar-refractivity contribution in [2.75, 3.05) is 6.54 Å². The van der Waals surface area contributed by atoms with Crippen molar-refractivity contribution in [3.63, 3.8) is 0 Å². The number of aromatic nitrogens is 3. The van der Waals surface area contributed by atoms with Gasteiger partial charge in [0, 0.05) is 29.9 Å². The Morgan fingerprint density at radius 1 is 1.35 bits per heavy atom. The first-order valence-electron chi connectivity index (χ1n) is 7.57. The Kier molecular flexibility index (Phi) is 4.07. The first-order valence-corrected chi connectivity index (χ1v) is 8.86. The number of likely N-dealkylation sites (tertiary alicyclic amines) is 1. The highest BCUT2D eigenvalue weighted by molar-refractivity contribution is 7.71. The molecule has 0 amide bonds. The largest absolute Gasteiger partial charge is 0.409 e. The summed E-state index contributed by atoms with van der Waals surface area (Å²) in [5, 5.41) is 6.66. The highest BCUT2D eigenvalue weighted by Crippen LogP contribution is 2.34. The molecule has 118 valence electrons. The molecule has 3 aromatic rings. The average Bonchev–Trinajstić information content (AvgIpc) is 3.30. The zero-order chi connectivity index (χ0) is 15.6. The van der Waals surface area contributed by atoms with Gasteiger partial charge in [-0.2, -0.15) is 0 Å². The van der Waals surface area contributed by atoms with Crippen molar-refractivity contribution in [3.8, 4) is 11.5 Å². The molecule has 7 heteroatoms. The van der Waals surface area contributed by atoms with Gasteiger partial charge in [0.1, 0.15) is 0 Å². The van der Waals surface area contributed by atoms with Gasteiger partial charge in [-0.3, -0.25) is 9.88 Å². The van der Waals surface area contributed by atoms with Crippen molar-refractivity contribution < 1.29 is 4.42 Å². The molecule has 3 aromatic heterocycles. The summed E-state index contributed by atoms with van der Waals surface area (Å²) in [5.74, 6) is 0.523. The lowest BCUT2D eigenvalue weighted by Crippen LogP contribution is -2.26. The number of pyridine rings is 1. The van der Waals surface area contributed by atoms with Gasteiger partial charge in [-0.05, 0) is 48.6 Å². The van der Waals surface area contributed by atoms with E-state index in [2.05, 4.69) is 32.5 Å². The van der Waals surface area contributed by atoms with Crippen LogP contribution in [0.2, 0.25) is 0 Å². The molecule has 4 rings (SSSR count). The van der Waals surface area contributed by atoms with Crippen LogP contribution in [-0.4, -0.2) is 26.2 Å². The fraction of sp³-hybridized carbons (Fsp3) is 0.312. The summed E-state index contributed by atoms with van der Waals surface area (Å²) in [5.41, 5.74) is 0.841. The Labute approximate surface area is 143 Å². The molecule has 0 unspecified atom stereocenters. The molecule has 0 aromatic carbocycles. The molecule has 0 bridgehead atoms.